The van der Waals surface area contributed by atoms with Crippen LogP contribution in [-0.2, 0) is 21.9 Å². The van der Waals surface area contributed by atoms with Gasteiger partial charge in [0.05, 0.1) is 5.75 Å². The zero-order chi connectivity index (χ0) is 22.6. The van der Waals surface area contributed by atoms with E-state index in [-0.39, 0.29) is 11.8 Å². The van der Waals surface area contributed by atoms with Crippen LogP contribution in [0.2, 0.25) is 5.02 Å². The molecule has 0 heterocycles. The minimum atomic E-state index is -0.471. The number of aryl methyl sites for hydroxylation is 1. The van der Waals surface area contributed by atoms with Crippen LogP contribution in [0.4, 0.5) is 0 Å². The van der Waals surface area contributed by atoms with Crippen LogP contribution in [0.5, 0.6) is 0 Å². The summed E-state index contributed by atoms with van der Waals surface area (Å²) in [5.74, 6) is 0.963. The SMILES string of the molecule is CCCCNC(=O)[C@@H](CC)N(Cc1ccc(C)cc1)C(=O)CSCc1ccc(Cl)cc1. The molecule has 0 bridgehead atoms. The number of rotatable bonds is 12. The van der Waals surface area contributed by atoms with Crippen LogP contribution >= 0.6 is 23.4 Å². The highest BCUT2D eigenvalue weighted by atomic mass is 35.5. The maximum atomic E-state index is 13.2. The number of benzene rings is 2. The number of unbranched alkanes of at least 4 members (excludes halogenated alkanes) is 1. The van der Waals surface area contributed by atoms with Crippen LogP contribution in [0.1, 0.15) is 49.8 Å². The number of nitrogens with zero attached hydrogens (tertiary/aromatic N) is 1. The molecule has 2 aromatic rings. The molecule has 0 saturated carbocycles. The first-order valence-corrected chi connectivity index (χ1v) is 12.4. The smallest absolute Gasteiger partial charge is 0.242 e. The molecule has 0 radical (unpaired) electrons. The van der Waals surface area contributed by atoms with Gasteiger partial charge in [-0.25, -0.2) is 0 Å². The van der Waals surface area contributed by atoms with Gasteiger partial charge in [-0.15, -0.1) is 11.8 Å². The van der Waals surface area contributed by atoms with E-state index in [1.807, 2.05) is 62.4 Å². The van der Waals surface area contributed by atoms with Crippen LogP contribution in [0.15, 0.2) is 48.5 Å². The summed E-state index contributed by atoms with van der Waals surface area (Å²) in [6.45, 7) is 7.16. The van der Waals surface area contributed by atoms with Crippen molar-refractivity contribution in [2.24, 2.45) is 0 Å². The molecule has 0 unspecified atom stereocenters. The molecule has 0 aliphatic heterocycles. The van der Waals surface area contributed by atoms with Crippen molar-refractivity contribution < 1.29 is 9.59 Å². The third-order valence-electron chi connectivity index (χ3n) is 5.10. The zero-order valence-electron chi connectivity index (χ0n) is 18.7. The third kappa shape index (κ3) is 8.58. The molecule has 0 aromatic heterocycles. The predicted octanol–water partition coefficient (Wildman–Crippen LogP) is 5.61. The highest BCUT2D eigenvalue weighted by Gasteiger charge is 2.28. The van der Waals surface area contributed by atoms with E-state index in [9.17, 15) is 9.59 Å². The first kappa shape index (κ1) is 25.3. The van der Waals surface area contributed by atoms with E-state index in [2.05, 4.69) is 12.2 Å². The van der Waals surface area contributed by atoms with Crippen molar-refractivity contribution in [3.05, 3.63) is 70.2 Å². The number of hydrogen-bond donors (Lipinski definition) is 1. The zero-order valence-corrected chi connectivity index (χ0v) is 20.3. The van der Waals surface area contributed by atoms with Gasteiger partial charge in [0.25, 0.3) is 0 Å². The number of carbonyl (C=O) groups is 2. The van der Waals surface area contributed by atoms with Gasteiger partial charge in [0.2, 0.25) is 11.8 Å². The summed E-state index contributed by atoms with van der Waals surface area (Å²) >= 11 is 7.50. The number of thioether (sulfide) groups is 1. The number of amides is 2. The van der Waals surface area contributed by atoms with E-state index in [1.165, 1.54) is 5.56 Å². The van der Waals surface area contributed by atoms with E-state index in [0.29, 0.717) is 30.3 Å². The van der Waals surface area contributed by atoms with Crippen molar-refractivity contribution in [2.45, 2.75) is 58.4 Å². The molecule has 2 amide bonds. The van der Waals surface area contributed by atoms with Crippen molar-refractivity contribution in [3.63, 3.8) is 0 Å². The minimum Gasteiger partial charge on any atom is -0.354 e. The highest BCUT2D eigenvalue weighted by Crippen LogP contribution is 2.19. The molecule has 0 aliphatic rings. The van der Waals surface area contributed by atoms with Gasteiger partial charge in [-0.05, 0) is 43.0 Å². The molecule has 168 valence electrons. The van der Waals surface area contributed by atoms with Crippen molar-refractivity contribution in [2.75, 3.05) is 12.3 Å². The van der Waals surface area contributed by atoms with Gasteiger partial charge in [0.1, 0.15) is 6.04 Å². The second-order valence-corrected chi connectivity index (χ2v) is 9.12. The topological polar surface area (TPSA) is 49.4 Å². The second kappa shape index (κ2) is 13.4. The standard InChI is InChI=1S/C25H33ClN2O2S/c1-4-6-15-27-25(30)23(5-2)28(16-20-9-7-19(3)8-10-20)24(29)18-31-17-21-11-13-22(26)14-12-21/h7-14,23H,4-6,15-18H2,1-3H3,(H,27,30)/t23-/m1/s1. The van der Waals surface area contributed by atoms with E-state index in [4.69, 9.17) is 11.6 Å². The molecule has 2 aromatic carbocycles. The highest BCUT2D eigenvalue weighted by molar-refractivity contribution is 7.99. The number of hydrogen-bond acceptors (Lipinski definition) is 3. The Morgan fingerprint density at radius 2 is 1.68 bits per heavy atom. The predicted molar refractivity (Wildman–Crippen MR) is 131 cm³/mol. The lowest BCUT2D eigenvalue weighted by atomic mass is 10.1. The summed E-state index contributed by atoms with van der Waals surface area (Å²) < 4.78 is 0. The van der Waals surface area contributed by atoms with Crippen molar-refractivity contribution in [1.29, 1.82) is 0 Å². The van der Waals surface area contributed by atoms with Gasteiger partial charge in [-0.1, -0.05) is 73.8 Å². The molecule has 1 atom stereocenters. The lowest BCUT2D eigenvalue weighted by Crippen LogP contribution is -2.49. The molecule has 6 heteroatoms. The Hall–Kier alpha value is -1.98. The van der Waals surface area contributed by atoms with Crippen molar-refractivity contribution in [3.8, 4) is 0 Å². The normalized spacial score (nSPS) is 11.7. The first-order valence-electron chi connectivity index (χ1n) is 10.9. The minimum absolute atomic E-state index is 0.0166. The van der Waals surface area contributed by atoms with Gasteiger partial charge in [-0.3, -0.25) is 9.59 Å². The van der Waals surface area contributed by atoms with Gasteiger partial charge in [0, 0.05) is 23.9 Å². The molecule has 0 saturated heterocycles. The molecule has 0 spiro atoms. The Morgan fingerprint density at radius 1 is 1.03 bits per heavy atom. The van der Waals surface area contributed by atoms with E-state index in [0.717, 1.165) is 29.7 Å². The monoisotopic (exact) mass is 460 g/mol. The Morgan fingerprint density at radius 3 is 2.29 bits per heavy atom. The molecule has 31 heavy (non-hydrogen) atoms. The van der Waals surface area contributed by atoms with E-state index >= 15 is 0 Å². The van der Waals surface area contributed by atoms with Gasteiger partial charge in [0.15, 0.2) is 0 Å². The first-order chi connectivity index (χ1) is 14.9. The number of halogens is 1. The van der Waals surface area contributed by atoms with E-state index < -0.39 is 6.04 Å². The molecule has 0 aliphatic carbocycles. The summed E-state index contributed by atoms with van der Waals surface area (Å²) in [6, 6.07) is 15.3. The molecular weight excluding hydrogens is 428 g/mol. The fourth-order valence-electron chi connectivity index (χ4n) is 3.24. The third-order valence-corrected chi connectivity index (χ3v) is 6.34. The van der Waals surface area contributed by atoms with Crippen molar-refractivity contribution >= 4 is 35.2 Å². The average molecular weight is 461 g/mol. The molecule has 4 nitrogen and oxygen atoms in total. The largest absolute Gasteiger partial charge is 0.354 e. The van der Waals surface area contributed by atoms with Crippen LogP contribution < -0.4 is 5.32 Å². The Bertz CT molecular complexity index is 824. The van der Waals surface area contributed by atoms with Crippen LogP contribution in [0.3, 0.4) is 0 Å². The fraction of sp³-hybridized carbons (Fsp3) is 0.440. The lowest BCUT2D eigenvalue weighted by Gasteiger charge is -2.30. The summed E-state index contributed by atoms with van der Waals surface area (Å²) in [5.41, 5.74) is 3.32. The average Bonchev–Trinajstić information content (AvgIpc) is 2.76. The van der Waals surface area contributed by atoms with Crippen LogP contribution in [0, 0.1) is 6.92 Å². The van der Waals surface area contributed by atoms with Crippen LogP contribution in [-0.4, -0.2) is 35.1 Å². The summed E-state index contributed by atoms with van der Waals surface area (Å²) in [5, 5.41) is 3.70. The lowest BCUT2D eigenvalue weighted by molar-refractivity contribution is -0.139. The Labute approximate surface area is 195 Å². The molecule has 1 N–H and O–H groups in total. The molecular formula is C25H33ClN2O2S. The van der Waals surface area contributed by atoms with E-state index in [1.54, 1.807) is 16.7 Å². The van der Waals surface area contributed by atoms with Gasteiger partial charge >= 0.3 is 0 Å². The second-order valence-electron chi connectivity index (χ2n) is 7.70. The van der Waals surface area contributed by atoms with Gasteiger partial charge < -0.3 is 10.2 Å². The number of carbonyl (C=O) groups excluding carboxylic acids is 2. The number of nitrogens with one attached hydrogen (secondary N) is 1. The summed E-state index contributed by atoms with van der Waals surface area (Å²) in [7, 11) is 0. The van der Waals surface area contributed by atoms with Crippen LogP contribution in [0.25, 0.3) is 0 Å². The van der Waals surface area contributed by atoms with Crippen molar-refractivity contribution in [1.82, 2.24) is 10.2 Å². The summed E-state index contributed by atoms with van der Waals surface area (Å²) in [6.07, 6.45) is 2.53. The summed E-state index contributed by atoms with van der Waals surface area (Å²) in [4.78, 5) is 27.8. The van der Waals surface area contributed by atoms with Gasteiger partial charge in [-0.2, -0.15) is 0 Å². The quantitative estimate of drug-likeness (QED) is 0.419. The maximum Gasteiger partial charge on any atom is 0.242 e. The Balaban J connectivity index is 2.08. The molecule has 2 rings (SSSR count). The maximum absolute atomic E-state index is 13.2. The Kier molecular flexibility index (Phi) is 11.0. The fourth-order valence-corrected chi connectivity index (χ4v) is 4.23. The molecule has 0 fully saturated rings.